The molecule has 0 amide bonds. The Morgan fingerprint density at radius 3 is 2.90 bits per heavy atom. The van der Waals surface area contributed by atoms with Crippen molar-refractivity contribution in [3.05, 3.63) is 58.6 Å². The van der Waals surface area contributed by atoms with Crippen molar-refractivity contribution in [3.63, 3.8) is 0 Å². The van der Waals surface area contributed by atoms with Crippen molar-refractivity contribution in [1.82, 2.24) is 0 Å². The molecule has 0 unspecified atom stereocenters. The summed E-state index contributed by atoms with van der Waals surface area (Å²) in [5, 5.41) is 9.60. The van der Waals surface area contributed by atoms with E-state index in [0.717, 1.165) is 5.56 Å². The number of ether oxygens (including phenoxy) is 1. The van der Waals surface area contributed by atoms with Gasteiger partial charge in [-0.15, -0.1) is 0 Å². The first kappa shape index (κ1) is 12.7. The average Bonchev–Trinajstić information content (AvgIpc) is 2.47. The van der Waals surface area contributed by atoms with Crippen LogP contribution in [0.5, 0.6) is 5.75 Å². The number of nitrogens with zero attached hydrogens (tertiary/aromatic N) is 1. The first-order chi connectivity index (χ1) is 9.63. The molecule has 0 radical (unpaired) electrons. The molecule has 3 rings (SSSR count). The third-order valence-electron chi connectivity index (χ3n) is 2.98. The fourth-order valence-corrected chi connectivity index (χ4v) is 2.16. The number of benzene rings is 2. The summed E-state index contributed by atoms with van der Waals surface area (Å²) in [5.41, 5.74) is 2.36. The van der Waals surface area contributed by atoms with E-state index in [9.17, 15) is 4.79 Å². The number of rotatable bonds is 2. The molecule has 1 N–H and O–H groups in total. The molecule has 1 heterocycles. The second-order valence-electron chi connectivity index (χ2n) is 4.35. The fourth-order valence-electron chi connectivity index (χ4n) is 2.00. The Morgan fingerprint density at radius 2 is 2.10 bits per heavy atom. The van der Waals surface area contributed by atoms with Crippen molar-refractivity contribution in [2.24, 2.45) is 4.99 Å². The summed E-state index contributed by atoms with van der Waals surface area (Å²) < 4.78 is 5.61. The summed E-state index contributed by atoms with van der Waals surface area (Å²) in [4.78, 5) is 15.5. The number of carboxylic acids is 1. The molecular formula is C15H10ClNO3. The quantitative estimate of drug-likeness (QED) is 0.919. The SMILES string of the molecule is O=C(O)c1cccc(C2=Nc3ccc(Cl)cc3OC2)c1. The van der Waals surface area contributed by atoms with Crippen molar-refractivity contribution < 1.29 is 14.6 Å². The minimum Gasteiger partial charge on any atom is -0.485 e. The monoisotopic (exact) mass is 287 g/mol. The maximum absolute atomic E-state index is 11.0. The number of carbonyl (C=O) groups is 1. The van der Waals surface area contributed by atoms with E-state index in [2.05, 4.69) is 4.99 Å². The normalized spacial score (nSPS) is 13.2. The first-order valence-corrected chi connectivity index (χ1v) is 6.35. The summed E-state index contributed by atoms with van der Waals surface area (Å²) in [6.45, 7) is 0.288. The Labute approximate surface area is 120 Å². The number of aromatic carboxylic acids is 1. The van der Waals surface area contributed by atoms with Gasteiger partial charge in [-0.1, -0.05) is 23.7 Å². The molecule has 4 nitrogen and oxygen atoms in total. The van der Waals surface area contributed by atoms with Crippen molar-refractivity contribution in [1.29, 1.82) is 0 Å². The number of fused-ring (bicyclic) bond motifs is 1. The number of halogens is 1. The van der Waals surface area contributed by atoms with Crippen LogP contribution in [0.15, 0.2) is 47.5 Å². The first-order valence-electron chi connectivity index (χ1n) is 5.97. The van der Waals surface area contributed by atoms with Gasteiger partial charge in [0, 0.05) is 16.7 Å². The molecule has 0 aromatic heterocycles. The molecule has 0 aliphatic carbocycles. The predicted molar refractivity (Wildman–Crippen MR) is 76.5 cm³/mol. The Kier molecular flexibility index (Phi) is 3.16. The third-order valence-corrected chi connectivity index (χ3v) is 3.22. The average molecular weight is 288 g/mol. The largest absolute Gasteiger partial charge is 0.485 e. The van der Waals surface area contributed by atoms with E-state index in [1.165, 1.54) is 0 Å². The zero-order chi connectivity index (χ0) is 14.1. The minimum absolute atomic E-state index is 0.229. The van der Waals surface area contributed by atoms with Gasteiger partial charge in [0.15, 0.2) is 0 Å². The molecule has 1 aliphatic rings. The molecule has 1 aliphatic heterocycles. The summed E-state index contributed by atoms with van der Waals surface area (Å²) in [7, 11) is 0. The molecular weight excluding hydrogens is 278 g/mol. The summed E-state index contributed by atoms with van der Waals surface area (Å²) >= 11 is 5.89. The molecule has 0 bridgehead atoms. The fraction of sp³-hybridized carbons (Fsp3) is 0.0667. The highest BCUT2D eigenvalue weighted by atomic mass is 35.5. The van der Waals surface area contributed by atoms with Gasteiger partial charge in [0.1, 0.15) is 18.0 Å². The zero-order valence-electron chi connectivity index (χ0n) is 10.3. The highest BCUT2D eigenvalue weighted by Gasteiger charge is 2.16. The molecule has 2 aromatic rings. The lowest BCUT2D eigenvalue weighted by Crippen LogP contribution is -2.16. The van der Waals surface area contributed by atoms with Crippen molar-refractivity contribution in [2.45, 2.75) is 0 Å². The van der Waals surface area contributed by atoms with Crippen LogP contribution in [-0.4, -0.2) is 23.4 Å². The van der Waals surface area contributed by atoms with Gasteiger partial charge < -0.3 is 9.84 Å². The second-order valence-corrected chi connectivity index (χ2v) is 4.78. The van der Waals surface area contributed by atoms with E-state index < -0.39 is 5.97 Å². The molecule has 5 heteroatoms. The maximum atomic E-state index is 11.0. The highest BCUT2D eigenvalue weighted by Crippen LogP contribution is 2.33. The van der Waals surface area contributed by atoms with Crippen LogP contribution in [-0.2, 0) is 0 Å². The third kappa shape index (κ3) is 2.38. The van der Waals surface area contributed by atoms with Crippen molar-refractivity contribution >= 4 is 29.0 Å². The minimum atomic E-state index is -0.962. The van der Waals surface area contributed by atoms with Gasteiger partial charge in [0.2, 0.25) is 0 Å². The lowest BCUT2D eigenvalue weighted by atomic mass is 10.1. The zero-order valence-corrected chi connectivity index (χ0v) is 11.1. The Balaban J connectivity index is 2.01. The van der Waals surface area contributed by atoms with E-state index in [0.29, 0.717) is 22.2 Å². The van der Waals surface area contributed by atoms with Crippen molar-refractivity contribution in [2.75, 3.05) is 6.61 Å². The van der Waals surface area contributed by atoms with Crippen molar-refractivity contribution in [3.8, 4) is 5.75 Å². The van der Waals surface area contributed by atoms with E-state index in [4.69, 9.17) is 21.4 Å². The standard InChI is InChI=1S/C15H10ClNO3/c16-11-4-5-12-14(7-11)20-8-13(17-12)9-2-1-3-10(6-9)15(18)19/h1-7H,8H2,(H,18,19). The smallest absolute Gasteiger partial charge is 0.335 e. The van der Waals surface area contributed by atoms with Crippen LogP contribution in [0, 0.1) is 0 Å². The van der Waals surface area contributed by atoms with Gasteiger partial charge >= 0.3 is 5.97 Å². The van der Waals surface area contributed by atoms with Crippen LogP contribution in [0.2, 0.25) is 5.02 Å². The van der Waals surface area contributed by atoms with Gasteiger partial charge in [-0.25, -0.2) is 9.79 Å². The Hall–Kier alpha value is -2.33. The van der Waals surface area contributed by atoms with Crippen LogP contribution in [0.4, 0.5) is 5.69 Å². The Morgan fingerprint density at radius 1 is 1.25 bits per heavy atom. The Bertz CT molecular complexity index is 725. The highest BCUT2D eigenvalue weighted by molar-refractivity contribution is 6.30. The van der Waals surface area contributed by atoms with E-state index >= 15 is 0 Å². The van der Waals surface area contributed by atoms with Crippen LogP contribution in [0.3, 0.4) is 0 Å². The van der Waals surface area contributed by atoms with Gasteiger partial charge in [0.05, 0.1) is 11.3 Å². The topological polar surface area (TPSA) is 58.9 Å². The van der Waals surface area contributed by atoms with Crippen LogP contribution in [0.25, 0.3) is 0 Å². The molecule has 0 atom stereocenters. The number of aliphatic imine (C=N–C) groups is 1. The molecule has 2 aromatic carbocycles. The van der Waals surface area contributed by atoms with Crippen LogP contribution >= 0.6 is 11.6 Å². The van der Waals surface area contributed by atoms with E-state index in [-0.39, 0.29) is 12.2 Å². The summed E-state index contributed by atoms with van der Waals surface area (Å²) in [6.07, 6.45) is 0. The van der Waals surface area contributed by atoms with Gasteiger partial charge in [-0.3, -0.25) is 0 Å². The van der Waals surface area contributed by atoms with Crippen LogP contribution in [0.1, 0.15) is 15.9 Å². The second kappa shape index (κ2) is 4.98. The molecule has 20 heavy (non-hydrogen) atoms. The summed E-state index contributed by atoms with van der Waals surface area (Å²) in [6, 6.07) is 11.9. The number of carboxylic acid groups (broad SMARTS) is 1. The van der Waals surface area contributed by atoms with E-state index in [1.54, 1.807) is 36.4 Å². The van der Waals surface area contributed by atoms with E-state index in [1.807, 2.05) is 6.07 Å². The molecule has 0 spiro atoms. The predicted octanol–water partition coefficient (Wildman–Crippen LogP) is 3.55. The molecule has 100 valence electrons. The number of hydrogen-bond donors (Lipinski definition) is 1. The van der Waals surface area contributed by atoms with Crippen LogP contribution < -0.4 is 4.74 Å². The molecule has 0 saturated heterocycles. The molecule has 0 saturated carbocycles. The number of hydrogen-bond acceptors (Lipinski definition) is 3. The maximum Gasteiger partial charge on any atom is 0.335 e. The van der Waals surface area contributed by atoms with Gasteiger partial charge in [-0.2, -0.15) is 0 Å². The van der Waals surface area contributed by atoms with Gasteiger partial charge in [-0.05, 0) is 24.3 Å². The summed E-state index contributed by atoms with van der Waals surface area (Å²) in [5.74, 6) is -0.327. The lowest BCUT2D eigenvalue weighted by Gasteiger charge is -2.17. The lowest BCUT2D eigenvalue weighted by molar-refractivity contribution is 0.0697. The van der Waals surface area contributed by atoms with Gasteiger partial charge in [0.25, 0.3) is 0 Å². The molecule has 0 fully saturated rings.